The van der Waals surface area contributed by atoms with Gasteiger partial charge in [0.25, 0.3) is 0 Å². The van der Waals surface area contributed by atoms with Gasteiger partial charge in [0.1, 0.15) is 12.6 Å². The minimum Gasteiger partial charge on any atom is -0.467 e. The Hall–Kier alpha value is -2.65. The first kappa shape index (κ1) is 25.4. The Kier molecular flexibility index (Phi) is 7.96. The maximum absolute atomic E-state index is 13.1. The highest BCUT2D eigenvalue weighted by atomic mass is 16.6. The van der Waals surface area contributed by atoms with Crippen LogP contribution in [0, 0.1) is 5.41 Å². The van der Waals surface area contributed by atoms with Gasteiger partial charge in [0.05, 0.1) is 13.2 Å². The fourth-order valence-electron chi connectivity index (χ4n) is 5.31. The van der Waals surface area contributed by atoms with E-state index in [4.69, 9.17) is 9.47 Å². The van der Waals surface area contributed by atoms with E-state index in [9.17, 15) is 19.5 Å². The number of hydrogen-bond donors (Lipinski definition) is 1. The van der Waals surface area contributed by atoms with Gasteiger partial charge < -0.3 is 29.3 Å². The number of benzene rings is 1. The maximum atomic E-state index is 13.1. The van der Waals surface area contributed by atoms with E-state index in [0.717, 1.165) is 31.4 Å². The van der Waals surface area contributed by atoms with Gasteiger partial charge in [-0.05, 0) is 50.1 Å². The Bertz CT molecular complexity index is 906. The molecule has 1 aromatic carbocycles. The Labute approximate surface area is 206 Å². The van der Waals surface area contributed by atoms with E-state index >= 15 is 0 Å². The monoisotopic (exact) mass is 487 g/mol. The van der Waals surface area contributed by atoms with Crippen molar-refractivity contribution < 1.29 is 29.0 Å². The molecule has 1 spiro atoms. The van der Waals surface area contributed by atoms with Crippen molar-refractivity contribution in [2.45, 2.75) is 63.8 Å². The van der Waals surface area contributed by atoms with Crippen LogP contribution in [0.2, 0.25) is 0 Å². The normalized spacial score (nSPS) is 25.2. The molecule has 1 aromatic rings. The number of β-amino-alcohol motifs (C(OH)–C–C–N with tert-alkyl or cyclic N) is 1. The molecule has 0 aromatic heterocycles. The molecule has 0 bridgehead atoms. The van der Waals surface area contributed by atoms with Crippen molar-refractivity contribution in [1.82, 2.24) is 14.7 Å². The van der Waals surface area contributed by atoms with E-state index in [1.807, 2.05) is 37.3 Å². The number of piperidine rings is 1. The van der Waals surface area contributed by atoms with E-state index in [1.54, 1.807) is 9.80 Å². The summed E-state index contributed by atoms with van der Waals surface area (Å²) >= 11 is 0. The van der Waals surface area contributed by atoms with Crippen LogP contribution in [-0.4, -0.2) is 95.8 Å². The Morgan fingerprint density at radius 2 is 1.89 bits per heavy atom. The first-order valence-corrected chi connectivity index (χ1v) is 12.6. The van der Waals surface area contributed by atoms with Crippen molar-refractivity contribution in [1.29, 1.82) is 0 Å². The van der Waals surface area contributed by atoms with Crippen molar-refractivity contribution in [3.8, 4) is 0 Å². The third-order valence-electron chi connectivity index (χ3n) is 7.84. The van der Waals surface area contributed by atoms with Crippen LogP contribution in [-0.2, 0) is 25.7 Å². The fourth-order valence-corrected chi connectivity index (χ4v) is 5.31. The quantitative estimate of drug-likeness (QED) is 0.588. The Balaban J connectivity index is 1.36. The van der Waals surface area contributed by atoms with Gasteiger partial charge in [-0.3, -0.25) is 4.79 Å². The van der Waals surface area contributed by atoms with Crippen LogP contribution < -0.4 is 0 Å². The number of methoxy groups -OCH3 is 1. The first-order valence-electron chi connectivity index (χ1n) is 12.6. The van der Waals surface area contributed by atoms with Gasteiger partial charge in [0, 0.05) is 38.6 Å². The number of rotatable bonds is 7. The van der Waals surface area contributed by atoms with Gasteiger partial charge in [-0.2, -0.15) is 0 Å². The van der Waals surface area contributed by atoms with Crippen LogP contribution >= 0.6 is 0 Å². The topological polar surface area (TPSA) is 99.6 Å². The fraction of sp³-hybridized carbons (Fsp3) is 0.654. The zero-order chi connectivity index (χ0) is 25.0. The molecule has 1 saturated carbocycles. The van der Waals surface area contributed by atoms with Gasteiger partial charge in [-0.15, -0.1) is 0 Å². The molecule has 9 heteroatoms. The number of esters is 1. The number of aliphatic hydroxyl groups excluding tert-OH is 1. The van der Waals surface area contributed by atoms with Crippen LogP contribution in [0.4, 0.5) is 4.79 Å². The third-order valence-corrected chi connectivity index (χ3v) is 7.84. The lowest BCUT2D eigenvalue weighted by molar-refractivity contribution is -0.153. The predicted octanol–water partition coefficient (Wildman–Crippen LogP) is 2.02. The molecule has 3 atom stereocenters. The van der Waals surface area contributed by atoms with Crippen molar-refractivity contribution in [3.63, 3.8) is 0 Å². The molecular weight excluding hydrogens is 450 g/mol. The number of carbonyl (C=O) groups is 3. The summed E-state index contributed by atoms with van der Waals surface area (Å²) in [6.07, 6.45) is 2.89. The number of nitrogens with zero attached hydrogens (tertiary/aromatic N) is 3. The van der Waals surface area contributed by atoms with Gasteiger partial charge >= 0.3 is 12.1 Å². The van der Waals surface area contributed by atoms with Crippen LogP contribution in [0.5, 0.6) is 0 Å². The standard InChI is InChI=1S/C26H37N3O6/c1-19-16-29(23(31)9-14-28(19)25(33)35-18-20-6-4-3-5-7-20)21(24(32)34-2)8-13-27-15-12-26(10-11-26)22(30)17-27/h3-7,19,21-22,30H,8-18H2,1-2H3/t19-,21+,22+/m0/s1. The van der Waals surface area contributed by atoms with Gasteiger partial charge in [-0.1, -0.05) is 30.3 Å². The second-order valence-electron chi connectivity index (χ2n) is 10.1. The lowest BCUT2D eigenvalue weighted by atomic mass is 9.90. The third kappa shape index (κ3) is 5.95. The molecule has 4 rings (SSSR count). The summed E-state index contributed by atoms with van der Waals surface area (Å²) in [6, 6.07) is 8.39. The smallest absolute Gasteiger partial charge is 0.410 e. The van der Waals surface area contributed by atoms with E-state index in [1.165, 1.54) is 7.11 Å². The number of likely N-dealkylation sites (tertiary alicyclic amines) is 1. The van der Waals surface area contributed by atoms with Crippen LogP contribution in [0.25, 0.3) is 0 Å². The molecule has 2 aliphatic heterocycles. The minimum atomic E-state index is -0.732. The summed E-state index contributed by atoms with van der Waals surface area (Å²) in [6.45, 7) is 4.56. The molecule has 3 fully saturated rings. The lowest BCUT2D eigenvalue weighted by Gasteiger charge is -2.38. The van der Waals surface area contributed by atoms with Crippen LogP contribution in [0.1, 0.15) is 44.6 Å². The molecule has 1 N–H and O–H groups in total. The van der Waals surface area contributed by atoms with Crippen molar-refractivity contribution in [3.05, 3.63) is 35.9 Å². The Morgan fingerprint density at radius 1 is 1.14 bits per heavy atom. The molecule has 2 heterocycles. The lowest BCUT2D eigenvalue weighted by Crippen LogP contribution is -2.51. The highest BCUT2D eigenvalue weighted by molar-refractivity contribution is 5.85. The molecule has 9 nitrogen and oxygen atoms in total. The summed E-state index contributed by atoms with van der Waals surface area (Å²) in [7, 11) is 1.33. The summed E-state index contributed by atoms with van der Waals surface area (Å²) in [5.74, 6) is -0.636. The van der Waals surface area contributed by atoms with Crippen molar-refractivity contribution >= 4 is 18.0 Å². The number of aliphatic hydroxyl groups is 1. The Morgan fingerprint density at radius 3 is 2.54 bits per heavy atom. The highest BCUT2D eigenvalue weighted by Crippen LogP contribution is 2.53. The van der Waals surface area contributed by atoms with Gasteiger partial charge in [0.15, 0.2) is 0 Å². The maximum Gasteiger partial charge on any atom is 0.410 e. The van der Waals surface area contributed by atoms with Crippen LogP contribution in [0.15, 0.2) is 30.3 Å². The summed E-state index contributed by atoms with van der Waals surface area (Å²) in [4.78, 5) is 43.8. The second-order valence-corrected chi connectivity index (χ2v) is 10.1. The first-order chi connectivity index (χ1) is 16.8. The molecule has 3 aliphatic rings. The van der Waals surface area contributed by atoms with E-state index in [-0.39, 0.29) is 49.6 Å². The zero-order valence-corrected chi connectivity index (χ0v) is 20.7. The molecule has 1 aliphatic carbocycles. The number of ether oxygens (including phenoxy) is 2. The van der Waals surface area contributed by atoms with Crippen molar-refractivity contribution in [2.24, 2.45) is 5.41 Å². The van der Waals surface area contributed by atoms with Crippen LogP contribution in [0.3, 0.4) is 0 Å². The summed E-state index contributed by atoms with van der Waals surface area (Å²) in [5.41, 5.74) is 1.01. The number of hydrogen-bond acceptors (Lipinski definition) is 7. The molecule has 0 unspecified atom stereocenters. The van der Waals surface area contributed by atoms with Gasteiger partial charge in [-0.25, -0.2) is 9.59 Å². The SMILES string of the molecule is COC(=O)[C@@H](CCN1CCC2(CC2)[C@H](O)C1)N1C[C@H](C)N(C(=O)OCc2ccccc2)CCC1=O. The molecule has 0 radical (unpaired) electrons. The average Bonchev–Trinajstić information content (AvgIpc) is 3.66. The molecule has 35 heavy (non-hydrogen) atoms. The predicted molar refractivity (Wildman–Crippen MR) is 128 cm³/mol. The number of carbonyl (C=O) groups excluding carboxylic acids is 3. The minimum absolute atomic E-state index is 0.114. The van der Waals surface area contributed by atoms with Crippen molar-refractivity contribution in [2.75, 3.05) is 39.8 Å². The largest absolute Gasteiger partial charge is 0.467 e. The molecule has 2 amide bonds. The molecule has 2 saturated heterocycles. The zero-order valence-electron chi connectivity index (χ0n) is 20.7. The molecular formula is C26H37N3O6. The summed E-state index contributed by atoms with van der Waals surface area (Å²) in [5, 5.41) is 10.5. The second kappa shape index (κ2) is 11.0. The van der Waals surface area contributed by atoms with Gasteiger partial charge in [0.2, 0.25) is 5.91 Å². The molecule has 192 valence electrons. The average molecular weight is 488 g/mol. The number of amides is 2. The van der Waals surface area contributed by atoms with E-state index in [2.05, 4.69) is 4.90 Å². The van der Waals surface area contributed by atoms with E-state index < -0.39 is 18.1 Å². The summed E-state index contributed by atoms with van der Waals surface area (Å²) < 4.78 is 10.5. The highest BCUT2D eigenvalue weighted by Gasteiger charge is 2.51. The van der Waals surface area contributed by atoms with E-state index in [0.29, 0.717) is 19.5 Å².